The third kappa shape index (κ3) is 2.91. The molecule has 1 saturated heterocycles. The van der Waals surface area contributed by atoms with Crippen molar-refractivity contribution in [3.05, 3.63) is 30.3 Å². The molecule has 4 N–H and O–H groups in total. The molecule has 1 fully saturated rings. The quantitative estimate of drug-likeness (QED) is 0.652. The molecule has 2 heterocycles. The second-order valence-electron chi connectivity index (χ2n) is 5.13. The first-order chi connectivity index (χ1) is 10.6. The number of hydrogen-bond donors (Lipinski definition) is 4. The third-order valence-electron chi connectivity index (χ3n) is 3.66. The second kappa shape index (κ2) is 6.41. The first-order valence-electron chi connectivity index (χ1n) is 6.78. The normalized spacial score (nSPS) is 32.3. The van der Waals surface area contributed by atoms with Crippen LogP contribution in [0.25, 0.3) is 10.9 Å². The highest BCUT2D eigenvalue weighted by atomic mass is 35.5. The molecule has 3 rings (SSSR count). The summed E-state index contributed by atoms with van der Waals surface area (Å²) in [6.07, 6.45) is -6.13. The minimum absolute atomic E-state index is 0.154. The molecule has 0 aliphatic carbocycles. The highest BCUT2D eigenvalue weighted by Crippen LogP contribution is 2.27. The number of ether oxygens (including phenoxy) is 2. The lowest BCUT2D eigenvalue weighted by Crippen LogP contribution is -2.60. The lowest BCUT2D eigenvalue weighted by atomic mass is 9.99. The summed E-state index contributed by atoms with van der Waals surface area (Å²) in [7, 11) is 0. The van der Waals surface area contributed by atoms with Crippen LogP contribution in [0.15, 0.2) is 30.3 Å². The number of halogens is 1. The van der Waals surface area contributed by atoms with Crippen molar-refractivity contribution in [2.75, 3.05) is 6.61 Å². The summed E-state index contributed by atoms with van der Waals surface area (Å²) in [4.78, 5) is 3.02. The van der Waals surface area contributed by atoms with Crippen molar-refractivity contribution in [1.82, 2.24) is 4.98 Å². The van der Waals surface area contributed by atoms with Crippen LogP contribution in [0, 0.1) is 0 Å². The molecular weight excluding hydrogens is 314 g/mol. The molecule has 120 valence electrons. The Morgan fingerprint density at radius 3 is 2.68 bits per heavy atom. The van der Waals surface area contributed by atoms with Crippen LogP contribution in [0.5, 0.6) is 5.88 Å². The van der Waals surface area contributed by atoms with Crippen LogP contribution in [0.4, 0.5) is 0 Å². The minimum atomic E-state index is -1.51. The van der Waals surface area contributed by atoms with Gasteiger partial charge >= 0.3 is 0 Å². The van der Waals surface area contributed by atoms with Crippen LogP contribution in [0.1, 0.15) is 0 Å². The highest BCUT2D eigenvalue weighted by Gasteiger charge is 2.45. The lowest BCUT2D eigenvalue weighted by Gasteiger charge is -2.39. The maximum atomic E-state index is 10.2. The average Bonchev–Trinajstić information content (AvgIpc) is 2.92. The van der Waals surface area contributed by atoms with Gasteiger partial charge in [-0.25, -0.2) is 0 Å². The van der Waals surface area contributed by atoms with Gasteiger partial charge < -0.3 is 29.8 Å². The van der Waals surface area contributed by atoms with E-state index in [4.69, 9.17) is 21.3 Å². The SMILES string of the molecule is OC1O[C@H](COCl)[C@@H](O)[C@H](Oc2cc3ccccc3[nH]2)[C@H]1O. The van der Waals surface area contributed by atoms with Gasteiger partial charge in [-0.15, -0.1) is 0 Å². The van der Waals surface area contributed by atoms with Gasteiger partial charge in [-0.1, -0.05) is 18.2 Å². The van der Waals surface area contributed by atoms with Crippen LogP contribution in [-0.4, -0.2) is 57.6 Å². The topological polar surface area (TPSA) is 104 Å². The smallest absolute Gasteiger partial charge is 0.192 e. The number of para-hydroxylation sites is 1. The number of H-pyrrole nitrogens is 1. The Kier molecular flexibility index (Phi) is 4.53. The number of benzene rings is 1. The number of aliphatic hydroxyl groups is 3. The summed E-state index contributed by atoms with van der Waals surface area (Å²) in [5, 5.41) is 30.8. The molecule has 0 saturated carbocycles. The van der Waals surface area contributed by atoms with Gasteiger partial charge in [0.25, 0.3) is 0 Å². The number of fused-ring (bicyclic) bond motifs is 1. The largest absolute Gasteiger partial charge is 0.470 e. The Hall–Kier alpha value is -1.35. The van der Waals surface area contributed by atoms with Crippen molar-refractivity contribution in [1.29, 1.82) is 0 Å². The summed E-state index contributed by atoms with van der Waals surface area (Å²) in [6.45, 7) is -0.154. The maximum Gasteiger partial charge on any atom is 0.192 e. The van der Waals surface area contributed by atoms with Crippen LogP contribution < -0.4 is 4.74 Å². The Bertz CT molecular complexity index is 602. The molecule has 2 aromatic rings. The first kappa shape index (κ1) is 15.5. The molecule has 7 nitrogen and oxygen atoms in total. The summed E-state index contributed by atoms with van der Waals surface area (Å²) >= 11 is 5.16. The van der Waals surface area contributed by atoms with E-state index in [0.717, 1.165) is 10.9 Å². The average molecular weight is 330 g/mol. The number of aliphatic hydroxyl groups excluding tert-OH is 3. The zero-order valence-electron chi connectivity index (χ0n) is 11.4. The first-order valence-corrected chi connectivity index (χ1v) is 7.08. The number of hydrogen-bond acceptors (Lipinski definition) is 6. The van der Waals surface area contributed by atoms with Crippen LogP contribution in [-0.2, 0) is 9.03 Å². The molecule has 1 aromatic carbocycles. The van der Waals surface area contributed by atoms with Gasteiger partial charge in [0.1, 0.15) is 18.3 Å². The molecule has 5 atom stereocenters. The Labute approximate surface area is 131 Å². The van der Waals surface area contributed by atoms with Crippen molar-refractivity contribution < 1.29 is 29.1 Å². The van der Waals surface area contributed by atoms with Gasteiger partial charge in [-0.2, -0.15) is 0 Å². The predicted molar refractivity (Wildman–Crippen MR) is 77.4 cm³/mol. The molecule has 1 aromatic heterocycles. The van der Waals surface area contributed by atoms with Gasteiger partial charge in [0.15, 0.2) is 18.3 Å². The molecule has 0 amide bonds. The Morgan fingerprint density at radius 1 is 1.18 bits per heavy atom. The van der Waals surface area contributed by atoms with Gasteiger partial charge in [0.05, 0.1) is 18.5 Å². The van der Waals surface area contributed by atoms with E-state index in [1.54, 1.807) is 6.07 Å². The number of rotatable bonds is 4. The lowest BCUT2D eigenvalue weighted by molar-refractivity contribution is -0.280. The zero-order chi connectivity index (χ0) is 15.7. The molecule has 1 unspecified atom stereocenters. The van der Waals surface area contributed by atoms with E-state index >= 15 is 0 Å². The Balaban J connectivity index is 1.81. The summed E-state index contributed by atoms with van der Waals surface area (Å²) < 4.78 is 15.1. The van der Waals surface area contributed by atoms with Crippen molar-refractivity contribution in [3.8, 4) is 5.88 Å². The molecule has 8 heteroatoms. The van der Waals surface area contributed by atoms with Crippen LogP contribution in [0.2, 0.25) is 0 Å². The monoisotopic (exact) mass is 329 g/mol. The fourth-order valence-corrected chi connectivity index (χ4v) is 2.64. The summed E-state index contributed by atoms with van der Waals surface area (Å²) in [5.74, 6) is 0.365. The van der Waals surface area contributed by atoms with Crippen molar-refractivity contribution >= 4 is 22.8 Å². The van der Waals surface area contributed by atoms with E-state index < -0.39 is 30.7 Å². The highest BCUT2D eigenvalue weighted by molar-refractivity contribution is 6.07. The molecular formula is C14H16ClNO6. The number of aromatic amines is 1. The van der Waals surface area contributed by atoms with E-state index in [9.17, 15) is 15.3 Å². The van der Waals surface area contributed by atoms with Crippen LogP contribution in [0.3, 0.4) is 0 Å². The third-order valence-corrected chi connectivity index (χ3v) is 3.78. The summed E-state index contributed by atoms with van der Waals surface area (Å²) in [5.41, 5.74) is 0.856. The van der Waals surface area contributed by atoms with E-state index in [1.807, 2.05) is 24.3 Å². The van der Waals surface area contributed by atoms with Gasteiger partial charge in [-0.3, -0.25) is 4.29 Å². The van der Waals surface area contributed by atoms with Gasteiger partial charge in [0, 0.05) is 17.0 Å². The van der Waals surface area contributed by atoms with Crippen LogP contribution >= 0.6 is 11.9 Å². The van der Waals surface area contributed by atoms with E-state index in [0.29, 0.717) is 5.88 Å². The minimum Gasteiger partial charge on any atom is -0.470 e. The molecule has 0 bridgehead atoms. The fraction of sp³-hybridized carbons (Fsp3) is 0.429. The number of aromatic nitrogens is 1. The van der Waals surface area contributed by atoms with Crippen molar-refractivity contribution in [2.45, 2.75) is 30.7 Å². The standard InChI is InChI=1S/C14H16ClNO6/c15-20-6-9-11(17)13(12(18)14(19)21-9)22-10-5-7-3-1-2-4-8(7)16-10/h1-5,9,11-14,16-19H,6H2/t9-,11-,12-,13+,14?/m1/s1. The molecule has 0 radical (unpaired) electrons. The molecule has 1 aliphatic heterocycles. The van der Waals surface area contributed by atoms with Gasteiger partial charge in [0.2, 0.25) is 0 Å². The fourth-order valence-electron chi connectivity index (χ4n) is 2.51. The molecule has 1 aliphatic rings. The van der Waals surface area contributed by atoms with Crippen molar-refractivity contribution in [3.63, 3.8) is 0 Å². The number of nitrogens with one attached hydrogen (secondary N) is 1. The van der Waals surface area contributed by atoms with E-state index in [1.165, 1.54) is 0 Å². The Morgan fingerprint density at radius 2 is 1.95 bits per heavy atom. The second-order valence-corrected chi connectivity index (χ2v) is 5.34. The van der Waals surface area contributed by atoms with E-state index in [-0.39, 0.29) is 6.61 Å². The van der Waals surface area contributed by atoms with Gasteiger partial charge in [-0.05, 0) is 6.07 Å². The summed E-state index contributed by atoms with van der Waals surface area (Å²) in [6, 6.07) is 9.27. The van der Waals surface area contributed by atoms with Crippen molar-refractivity contribution in [2.24, 2.45) is 0 Å². The maximum absolute atomic E-state index is 10.2. The van der Waals surface area contributed by atoms with E-state index in [2.05, 4.69) is 9.27 Å². The zero-order valence-corrected chi connectivity index (χ0v) is 12.2. The molecule has 22 heavy (non-hydrogen) atoms. The predicted octanol–water partition coefficient (Wildman–Crippen LogP) is 0.525. The molecule has 0 spiro atoms.